The van der Waals surface area contributed by atoms with Crippen LogP contribution in [-0.2, 0) is 41.7 Å². The Bertz CT molecular complexity index is 1510. The third-order valence-corrected chi connectivity index (χ3v) is 8.68. The van der Waals surface area contributed by atoms with Crippen molar-refractivity contribution in [2.24, 2.45) is 0 Å². The molecule has 0 unspecified atom stereocenters. The van der Waals surface area contributed by atoms with Crippen LogP contribution in [0.4, 0.5) is 15.3 Å². The molecule has 17 heteroatoms. The highest BCUT2D eigenvalue weighted by molar-refractivity contribution is 5.75. The van der Waals surface area contributed by atoms with Gasteiger partial charge in [0, 0.05) is 83.5 Å². The Hall–Kier alpha value is -4.84. The Morgan fingerprint density at radius 1 is 0.754 bits per heavy atom. The van der Waals surface area contributed by atoms with Crippen LogP contribution in [0.1, 0.15) is 71.4 Å². The first-order valence-corrected chi connectivity index (χ1v) is 19.7. The number of nitro groups is 1. The molecule has 0 radical (unpaired) electrons. The van der Waals surface area contributed by atoms with E-state index in [-0.39, 0.29) is 42.2 Å². The summed E-state index contributed by atoms with van der Waals surface area (Å²) in [4.78, 5) is 65.8. The molecule has 0 aliphatic heterocycles. The summed E-state index contributed by atoms with van der Waals surface area (Å²) in [6.45, 7) is 16.2. The van der Waals surface area contributed by atoms with Crippen LogP contribution in [0.2, 0.25) is 0 Å². The second kappa shape index (κ2) is 28.5. The predicted molar refractivity (Wildman–Crippen MR) is 212 cm³/mol. The highest BCUT2D eigenvalue weighted by Crippen LogP contribution is 2.25. The third-order valence-electron chi connectivity index (χ3n) is 8.68. The monoisotopic (exact) mass is 803 g/mol. The van der Waals surface area contributed by atoms with Crippen molar-refractivity contribution >= 4 is 29.8 Å². The summed E-state index contributed by atoms with van der Waals surface area (Å²) in [7, 11) is 0. The topological polar surface area (TPSA) is 189 Å². The quantitative estimate of drug-likeness (QED) is 0.0354. The van der Waals surface area contributed by atoms with Gasteiger partial charge in [-0.3, -0.25) is 19.7 Å². The first-order chi connectivity index (χ1) is 27.5. The smallest absolute Gasteiger partial charge is 0.429 e. The Balaban J connectivity index is 1.95. The van der Waals surface area contributed by atoms with E-state index in [1.807, 2.05) is 13.8 Å². The van der Waals surface area contributed by atoms with Gasteiger partial charge in [0.25, 0.3) is 5.69 Å². The Labute approximate surface area is 336 Å². The van der Waals surface area contributed by atoms with Gasteiger partial charge in [0.05, 0.1) is 31.4 Å². The van der Waals surface area contributed by atoms with Gasteiger partial charge in [0.15, 0.2) is 0 Å². The predicted octanol–water partition coefficient (Wildman–Crippen LogP) is 5.57. The van der Waals surface area contributed by atoms with Crippen LogP contribution in [0.15, 0.2) is 42.5 Å². The van der Waals surface area contributed by atoms with Gasteiger partial charge in [-0.1, -0.05) is 26.8 Å². The van der Waals surface area contributed by atoms with E-state index in [1.165, 1.54) is 31.2 Å². The fourth-order valence-corrected chi connectivity index (χ4v) is 5.36. The lowest BCUT2D eigenvalue weighted by atomic mass is 10.1. The molecule has 57 heavy (non-hydrogen) atoms. The molecule has 0 aliphatic rings. The van der Waals surface area contributed by atoms with Gasteiger partial charge in [0.1, 0.15) is 18.1 Å². The van der Waals surface area contributed by atoms with Crippen LogP contribution in [0, 0.1) is 10.1 Å². The zero-order valence-electron chi connectivity index (χ0n) is 34.2. The second-order valence-electron chi connectivity index (χ2n) is 12.9. The number of hydrogen-bond acceptors (Lipinski definition) is 13. The van der Waals surface area contributed by atoms with E-state index < -0.39 is 17.2 Å². The normalized spacial score (nSPS) is 10.9. The third kappa shape index (κ3) is 20.2. The number of nitrogens with zero attached hydrogens (tertiary/aromatic N) is 4. The van der Waals surface area contributed by atoms with Gasteiger partial charge in [-0.05, 0) is 69.1 Å². The van der Waals surface area contributed by atoms with Crippen molar-refractivity contribution in [3.8, 4) is 11.5 Å². The number of hydrogen-bond donors (Lipinski definition) is 1. The molecule has 2 aromatic carbocycles. The van der Waals surface area contributed by atoms with E-state index in [0.717, 1.165) is 25.9 Å². The van der Waals surface area contributed by atoms with Crippen LogP contribution < -0.4 is 14.8 Å². The zero-order valence-corrected chi connectivity index (χ0v) is 34.2. The summed E-state index contributed by atoms with van der Waals surface area (Å²) in [6.07, 6.45) is 1.10. The number of nitro benzene ring substituents is 1. The van der Waals surface area contributed by atoms with Crippen LogP contribution in [0.5, 0.6) is 11.5 Å². The van der Waals surface area contributed by atoms with Gasteiger partial charge in [-0.15, -0.1) is 0 Å². The van der Waals surface area contributed by atoms with Crippen LogP contribution in [-0.4, -0.2) is 129 Å². The summed E-state index contributed by atoms with van der Waals surface area (Å²) in [5, 5.41) is 13.8. The van der Waals surface area contributed by atoms with Gasteiger partial charge < -0.3 is 48.4 Å². The lowest BCUT2D eigenvalue weighted by Gasteiger charge is -2.26. The maximum absolute atomic E-state index is 13.3. The Morgan fingerprint density at radius 2 is 1.40 bits per heavy atom. The molecule has 318 valence electrons. The van der Waals surface area contributed by atoms with E-state index in [1.54, 1.807) is 28.0 Å². The minimum atomic E-state index is -1.02. The van der Waals surface area contributed by atoms with Crippen molar-refractivity contribution < 1.29 is 52.5 Å². The summed E-state index contributed by atoms with van der Waals surface area (Å²) in [5.74, 6) is 0.205. The van der Waals surface area contributed by atoms with E-state index >= 15 is 0 Å². The van der Waals surface area contributed by atoms with Crippen molar-refractivity contribution in [1.29, 1.82) is 0 Å². The molecule has 1 N–H and O–H groups in total. The lowest BCUT2D eigenvalue weighted by molar-refractivity contribution is -0.384. The van der Waals surface area contributed by atoms with Crippen LogP contribution in [0.3, 0.4) is 0 Å². The zero-order chi connectivity index (χ0) is 41.8. The first kappa shape index (κ1) is 48.3. The lowest BCUT2D eigenvalue weighted by Crippen LogP contribution is -2.40. The molecule has 0 heterocycles. The largest absolute Gasteiger partial charge is 0.514 e. The fourth-order valence-electron chi connectivity index (χ4n) is 5.36. The summed E-state index contributed by atoms with van der Waals surface area (Å²) >= 11 is 0. The maximum atomic E-state index is 13.3. The van der Waals surface area contributed by atoms with Crippen molar-refractivity contribution in [3.05, 3.63) is 63.7 Å². The number of amides is 3. The minimum Gasteiger partial charge on any atom is -0.429 e. The molecule has 0 spiro atoms. The van der Waals surface area contributed by atoms with E-state index in [9.17, 15) is 29.3 Å². The summed E-state index contributed by atoms with van der Waals surface area (Å²) < 4.78 is 33.1. The Kier molecular flexibility index (Phi) is 24.2. The van der Waals surface area contributed by atoms with E-state index in [2.05, 4.69) is 24.1 Å². The van der Waals surface area contributed by atoms with Crippen LogP contribution >= 0.6 is 0 Å². The standard InChI is InChI=1S/C40H61N5O12/c1-6-12-38(47)41-19-10-23-52-25-27-54-28-26-53-24-11-20-44(32(5)46)30-34-29-33(31-55-40(49)56-36-16-14-35(15-17-36)45(50)51)13-18-37(34)57-39(48)43(9-4)22-21-42(7-2)8-3/h13-18,29H,6-12,19-28,30-31H2,1-5H3,(H,41,47). The van der Waals surface area contributed by atoms with E-state index in [0.29, 0.717) is 96.3 Å². The number of likely N-dealkylation sites (N-methyl/N-ethyl adjacent to an activating group) is 2. The summed E-state index contributed by atoms with van der Waals surface area (Å²) in [6, 6.07) is 9.95. The van der Waals surface area contributed by atoms with Crippen molar-refractivity contribution in [2.45, 2.75) is 73.5 Å². The second-order valence-corrected chi connectivity index (χ2v) is 12.9. The molecule has 17 nitrogen and oxygen atoms in total. The molecule has 0 aliphatic carbocycles. The number of ether oxygens (including phenoxy) is 6. The van der Waals surface area contributed by atoms with Gasteiger partial charge in [0.2, 0.25) is 11.8 Å². The maximum Gasteiger partial charge on any atom is 0.514 e. The number of nitrogens with one attached hydrogen (secondary N) is 1. The SMILES string of the molecule is CCCC(=O)NCCCOCCOCCOCCCN(Cc1cc(COC(=O)Oc2ccc([N+](=O)[O-])cc2)ccc1OC(=O)N(CC)CCN(CC)CC)C(C)=O. The molecule has 0 fully saturated rings. The number of non-ortho nitro benzene ring substituents is 1. The molecule has 0 saturated heterocycles. The van der Waals surface area contributed by atoms with Gasteiger partial charge in [-0.2, -0.15) is 0 Å². The number of carbonyl (C=O) groups is 4. The highest BCUT2D eigenvalue weighted by Gasteiger charge is 2.20. The number of rotatable bonds is 29. The fraction of sp³-hybridized carbons (Fsp3) is 0.600. The van der Waals surface area contributed by atoms with Crippen molar-refractivity contribution in [1.82, 2.24) is 20.0 Å². The van der Waals surface area contributed by atoms with Crippen molar-refractivity contribution in [3.63, 3.8) is 0 Å². The summed E-state index contributed by atoms with van der Waals surface area (Å²) in [5.41, 5.74) is 0.928. The van der Waals surface area contributed by atoms with Crippen molar-refractivity contribution in [2.75, 3.05) is 85.5 Å². The number of benzene rings is 2. The average molecular weight is 804 g/mol. The first-order valence-electron chi connectivity index (χ1n) is 19.7. The van der Waals surface area contributed by atoms with E-state index in [4.69, 9.17) is 28.4 Å². The highest BCUT2D eigenvalue weighted by atomic mass is 16.7. The molecular weight excluding hydrogens is 742 g/mol. The molecule has 0 bridgehead atoms. The van der Waals surface area contributed by atoms with Gasteiger partial charge >= 0.3 is 12.2 Å². The van der Waals surface area contributed by atoms with Crippen LogP contribution in [0.25, 0.3) is 0 Å². The molecule has 3 amide bonds. The average Bonchev–Trinajstić information content (AvgIpc) is 3.19. The number of carbonyl (C=O) groups excluding carboxylic acids is 4. The molecule has 2 aromatic rings. The molecule has 2 rings (SSSR count). The molecule has 0 saturated carbocycles. The molecule has 0 atom stereocenters. The molecule has 0 aromatic heterocycles. The minimum absolute atomic E-state index is 0.0577. The van der Waals surface area contributed by atoms with Gasteiger partial charge in [-0.25, -0.2) is 9.59 Å². The molecular formula is C40H61N5O12. The Morgan fingerprint density at radius 3 is 2.00 bits per heavy atom.